The second-order valence-corrected chi connectivity index (χ2v) is 4.32. The minimum Gasteiger partial charge on any atom is -0.375 e. The number of rotatable bonds is 7. The van der Waals surface area contributed by atoms with E-state index < -0.39 is 0 Å². The van der Waals surface area contributed by atoms with Crippen molar-refractivity contribution in [2.45, 2.75) is 13.0 Å². The monoisotopic (exact) mass is 245 g/mol. The maximum atomic E-state index is 4.77. The Bertz CT molecular complexity index is 428. The molecular weight excluding hydrogens is 226 g/mol. The minimum atomic E-state index is 0.818. The van der Waals surface area contributed by atoms with Gasteiger partial charge in [0.25, 0.3) is 0 Å². The van der Waals surface area contributed by atoms with Crippen molar-refractivity contribution in [1.82, 2.24) is 10.5 Å². The van der Waals surface area contributed by atoms with Crippen molar-refractivity contribution in [1.29, 1.82) is 0 Å². The van der Waals surface area contributed by atoms with Crippen LogP contribution < -0.4 is 10.2 Å². The molecule has 2 aromatic rings. The maximum Gasteiger partial charge on any atom is 0.128 e. The van der Waals surface area contributed by atoms with Gasteiger partial charge in [-0.05, 0) is 25.1 Å². The molecule has 0 saturated carbocycles. The number of hydrogen-bond acceptors (Lipinski definition) is 4. The summed E-state index contributed by atoms with van der Waals surface area (Å²) in [4.78, 5) is 2.26. The largest absolute Gasteiger partial charge is 0.375 e. The van der Waals surface area contributed by atoms with Gasteiger partial charge >= 0.3 is 0 Å². The average molecular weight is 245 g/mol. The summed E-state index contributed by atoms with van der Waals surface area (Å²) < 4.78 is 4.77. The second kappa shape index (κ2) is 6.81. The first kappa shape index (κ1) is 12.6. The molecule has 0 aliphatic rings. The third kappa shape index (κ3) is 3.89. The summed E-state index contributed by atoms with van der Waals surface area (Å²) in [7, 11) is 2.12. The highest BCUT2D eigenvalue weighted by Gasteiger charge is 1.99. The molecule has 1 aromatic carbocycles. The number of anilines is 1. The van der Waals surface area contributed by atoms with E-state index in [0.717, 1.165) is 31.6 Å². The van der Waals surface area contributed by atoms with Gasteiger partial charge in [-0.15, -0.1) is 0 Å². The number of para-hydroxylation sites is 1. The Kier molecular flexibility index (Phi) is 4.78. The molecule has 0 atom stereocenters. The predicted molar refractivity (Wildman–Crippen MR) is 72.5 cm³/mol. The zero-order valence-electron chi connectivity index (χ0n) is 10.7. The summed E-state index contributed by atoms with van der Waals surface area (Å²) in [5, 5.41) is 7.03. The van der Waals surface area contributed by atoms with Crippen LogP contribution in [0.3, 0.4) is 0 Å². The van der Waals surface area contributed by atoms with Crippen LogP contribution in [-0.2, 0) is 6.54 Å². The first-order valence-electron chi connectivity index (χ1n) is 6.21. The summed E-state index contributed by atoms with van der Waals surface area (Å²) in [6, 6.07) is 10.4. The van der Waals surface area contributed by atoms with Gasteiger partial charge in [-0.1, -0.05) is 23.4 Å². The molecule has 18 heavy (non-hydrogen) atoms. The highest BCUT2D eigenvalue weighted by atomic mass is 16.5. The van der Waals surface area contributed by atoms with Crippen molar-refractivity contribution in [3.05, 3.63) is 48.4 Å². The molecule has 0 radical (unpaired) electrons. The van der Waals surface area contributed by atoms with Crippen LogP contribution in [0.1, 0.15) is 12.0 Å². The minimum absolute atomic E-state index is 0.818. The normalized spacial score (nSPS) is 10.5. The van der Waals surface area contributed by atoms with Gasteiger partial charge in [0.1, 0.15) is 6.26 Å². The predicted octanol–water partition coefficient (Wildman–Crippen LogP) is 2.29. The molecule has 0 amide bonds. The number of aromatic nitrogens is 1. The first-order chi connectivity index (χ1) is 8.86. The fourth-order valence-electron chi connectivity index (χ4n) is 1.80. The number of hydrogen-bond donors (Lipinski definition) is 1. The van der Waals surface area contributed by atoms with Crippen LogP contribution in [-0.4, -0.2) is 25.3 Å². The standard InChI is InChI=1S/C14H19N3O/c1-17(14-6-3-2-4-7-14)9-5-8-15-10-13-11-16-18-12-13/h2-4,6-7,11-12,15H,5,8-10H2,1H3. The third-order valence-electron chi connectivity index (χ3n) is 2.86. The summed E-state index contributed by atoms with van der Waals surface area (Å²) in [6.07, 6.45) is 4.52. The molecule has 96 valence electrons. The van der Waals surface area contributed by atoms with Crippen molar-refractivity contribution >= 4 is 5.69 Å². The van der Waals surface area contributed by atoms with Gasteiger partial charge in [-0.3, -0.25) is 0 Å². The third-order valence-corrected chi connectivity index (χ3v) is 2.86. The van der Waals surface area contributed by atoms with Crippen LogP contribution in [0.15, 0.2) is 47.3 Å². The van der Waals surface area contributed by atoms with E-state index in [4.69, 9.17) is 4.52 Å². The zero-order chi connectivity index (χ0) is 12.6. The molecule has 0 fully saturated rings. The Hall–Kier alpha value is -1.81. The Balaban J connectivity index is 1.61. The Morgan fingerprint density at radius 2 is 2.11 bits per heavy atom. The number of nitrogens with one attached hydrogen (secondary N) is 1. The van der Waals surface area contributed by atoms with E-state index in [9.17, 15) is 0 Å². The van der Waals surface area contributed by atoms with E-state index in [0.29, 0.717) is 0 Å². The van der Waals surface area contributed by atoms with Gasteiger partial charge in [-0.25, -0.2) is 0 Å². The summed E-state index contributed by atoms with van der Waals surface area (Å²) in [6.45, 7) is 2.85. The van der Waals surface area contributed by atoms with Crippen LogP contribution >= 0.6 is 0 Å². The molecule has 4 nitrogen and oxygen atoms in total. The van der Waals surface area contributed by atoms with Crippen molar-refractivity contribution in [3.63, 3.8) is 0 Å². The quantitative estimate of drug-likeness (QED) is 0.760. The van der Waals surface area contributed by atoms with Gasteiger partial charge < -0.3 is 14.7 Å². The fraction of sp³-hybridized carbons (Fsp3) is 0.357. The SMILES string of the molecule is CN(CCCNCc1cnoc1)c1ccccc1. The Morgan fingerprint density at radius 1 is 1.28 bits per heavy atom. The van der Waals surface area contributed by atoms with Crippen LogP contribution in [0, 0.1) is 0 Å². The Labute approximate surface area is 108 Å². The van der Waals surface area contributed by atoms with E-state index in [1.807, 2.05) is 6.07 Å². The molecule has 4 heteroatoms. The molecule has 0 spiro atoms. The number of nitrogens with zero attached hydrogens (tertiary/aromatic N) is 2. The highest BCUT2D eigenvalue weighted by Crippen LogP contribution is 2.10. The van der Waals surface area contributed by atoms with E-state index in [1.54, 1.807) is 12.5 Å². The molecule has 0 aliphatic heterocycles. The summed E-state index contributed by atoms with van der Waals surface area (Å²) >= 11 is 0. The van der Waals surface area contributed by atoms with Crippen LogP contribution in [0.2, 0.25) is 0 Å². The van der Waals surface area contributed by atoms with Crippen molar-refractivity contribution in [2.24, 2.45) is 0 Å². The van der Waals surface area contributed by atoms with Gasteiger partial charge in [0.2, 0.25) is 0 Å². The molecule has 0 bridgehead atoms. The molecule has 0 unspecified atom stereocenters. The topological polar surface area (TPSA) is 41.3 Å². The van der Waals surface area contributed by atoms with E-state index in [-0.39, 0.29) is 0 Å². The highest BCUT2D eigenvalue weighted by molar-refractivity contribution is 5.44. The molecule has 0 aliphatic carbocycles. The maximum absolute atomic E-state index is 4.77. The zero-order valence-corrected chi connectivity index (χ0v) is 10.7. The van der Waals surface area contributed by atoms with E-state index in [1.165, 1.54) is 5.69 Å². The molecule has 1 heterocycles. The van der Waals surface area contributed by atoms with Gasteiger partial charge in [0.15, 0.2) is 0 Å². The first-order valence-corrected chi connectivity index (χ1v) is 6.21. The van der Waals surface area contributed by atoms with Crippen LogP contribution in [0.25, 0.3) is 0 Å². The molecular formula is C14H19N3O. The summed E-state index contributed by atoms with van der Waals surface area (Å²) in [5.41, 5.74) is 2.35. The van der Waals surface area contributed by atoms with E-state index >= 15 is 0 Å². The lowest BCUT2D eigenvalue weighted by atomic mass is 10.3. The summed E-state index contributed by atoms with van der Waals surface area (Å²) in [5.74, 6) is 0. The van der Waals surface area contributed by atoms with Gasteiger partial charge in [0.05, 0.1) is 6.20 Å². The lowest BCUT2D eigenvalue weighted by Gasteiger charge is -2.19. The lowest BCUT2D eigenvalue weighted by Crippen LogP contribution is -2.23. The molecule has 0 saturated heterocycles. The van der Waals surface area contributed by atoms with Gasteiger partial charge in [0, 0.05) is 31.4 Å². The lowest BCUT2D eigenvalue weighted by molar-refractivity contribution is 0.418. The Morgan fingerprint density at radius 3 is 2.83 bits per heavy atom. The van der Waals surface area contributed by atoms with E-state index in [2.05, 4.69) is 46.7 Å². The van der Waals surface area contributed by atoms with Crippen molar-refractivity contribution < 1.29 is 4.52 Å². The van der Waals surface area contributed by atoms with Crippen molar-refractivity contribution in [3.8, 4) is 0 Å². The fourth-order valence-corrected chi connectivity index (χ4v) is 1.80. The molecule has 1 N–H and O–H groups in total. The van der Waals surface area contributed by atoms with Gasteiger partial charge in [-0.2, -0.15) is 0 Å². The average Bonchev–Trinajstić information content (AvgIpc) is 2.92. The number of benzene rings is 1. The smallest absolute Gasteiger partial charge is 0.128 e. The van der Waals surface area contributed by atoms with Crippen LogP contribution in [0.5, 0.6) is 0 Å². The second-order valence-electron chi connectivity index (χ2n) is 4.32. The molecule has 2 rings (SSSR count). The molecule has 1 aromatic heterocycles. The van der Waals surface area contributed by atoms with Crippen LogP contribution in [0.4, 0.5) is 5.69 Å². The van der Waals surface area contributed by atoms with Crippen molar-refractivity contribution in [2.75, 3.05) is 25.0 Å².